The van der Waals surface area contributed by atoms with Gasteiger partial charge in [-0.3, -0.25) is 14.8 Å². The number of fused-ring (bicyclic) bond motifs is 1. The number of rotatable bonds is 3. The van der Waals surface area contributed by atoms with E-state index >= 15 is 0 Å². The minimum atomic E-state index is -0.906. The largest absolute Gasteiger partial charge is 0.433 e. The summed E-state index contributed by atoms with van der Waals surface area (Å²) in [7, 11) is 0. The van der Waals surface area contributed by atoms with Crippen molar-refractivity contribution in [3.05, 3.63) is 72.2 Å². The number of nitriles is 1. The quantitative estimate of drug-likeness (QED) is 0.490. The monoisotopic (exact) mass is 461 g/mol. The van der Waals surface area contributed by atoms with Gasteiger partial charge in [0, 0.05) is 11.6 Å². The number of hydrogen-bond acceptors (Lipinski definition) is 8. The standard InChI is InChI=1S/C17H6Cl3N7O3/c18-9-4-7(27-17(29)23-15(28)11(6-21)26-27)5-10(19)13(9)30-16-12-8(2-1-3-22-12)14(20)24-25-16/h1-5H,(H,23,28,29). The van der Waals surface area contributed by atoms with Gasteiger partial charge in [0.15, 0.2) is 10.9 Å². The van der Waals surface area contributed by atoms with Crippen molar-refractivity contribution >= 4 is 45.7 Å². The number of ether oxygens (including phenoxy) is 1. The molecule has 0 bridgehead atoms. The molecule has 0 saturated heterocycles. The number of pyridine rings is 1. The van der Waals surface area contributed by atoms with Crippen molar-refractivity contribution in [2.45, 2.75) is 0 Å². The predicted molar refractivity (Wildman–Crippen MR) is 108 cm³/mol. The lowest BCUT2D eigenvalue weighted by Crippen LogP contribution is -2.33. The molecule has 4 aromatic rings. The lowest BCUT2D eigenvalue weighted by molar-refractivity contribution is 0.461. The van der Waals surface area contributed by atoms with Crippen LogP contribution in [0.5, 0.6) is 11.6 Å². The van der Waals surface area contributed by atoms with Crippen molar-refractivity contribution in [2.24, 2.45) is 0 Å². The zero-order valence-electron chi connectivity index (χ0n) is 14.4. The van der Waals surface area contributed by atoms with Crippen LogP contribution in [-0.4, -0.2) is 29.9 Å². The molecule has 0 fully saturated rings. The van der Waals surface area contributed by atoms with Gasteiger partial charge >= 0.3 is 5.69 Å². The lowest BCUT2D eigenvalue weighted by Gasteiger charge is -2.12. The summed E-state index contributed by atoms with van der Waals surface area (Å²) in [4.78, 5) is 29.8. The van der Waals surface area contributed by atoms with Crippen LogP contribution in [0.15, 0.2) is 40.1 Å². The number of halogens is 3. The SMILES string of the molecule is N#Cc1nn(-c2cc(Cl)c(Oc3nnc(Cl)c4cccnc34)c(Cl)c2)c(=O)[nH]c1=O. The highest BCUT2D eigenvalue weighted by molar-refractivity contribution is 6.37. The molecule has 30 heavy (non-hydrogen) atoms. The van der Waals surface area contributed by atoms with Gasteiger partial charge in [-0.25, -0.2) is 4.79 Å². The van der Waals surface area contributed by atoms with Gasteiger partial charge in [0.2, 0.25) is 5.69 Å². The van der Waals surface area contributed by atoms with Crippen LogP contribution in [0.2, 0.25) is 15.2 Å². The average Bonchev–Trinajstić information content (AvgIpc) is 2.72. The van der Waals surface area contributed by atoms with Gasteiger partial charge in [-0.2, -0.15) is 9.94 Å². The first-order chi connectivity index (χ1) is 14.4. The number of aromatic amines is 1. The summed E-state index contributed by atoms with van der Waals surface area (Å²) in [5, 5.41) is 21.0. The molecule has 0 unspecified atom stereocenters. The van der Waals surface area contributed by atoms with Crippen molar-refractivity contribution in [1.29, 1.82) is 5.26 Å². The molecular weight excluding hydrogens is 457 g/mol. The Morgan fingerprint density at radius 3 is 2.57 bits per heavy atom. The van der Waals surface area contributed by atoms with Crippen LogP contribution in [0, 0.1) is 11.3 Å². The fourth-order valence-electron chi connectivity index (χ4n) is 2.51. The molecule has 0 saturated carbocycles. The highest BCUT2D eigenvalue weighted by Gasteiger charge is 2.18. The van der Waals surface area contributed by atoms with E-state index in [1.807, 2.05) is 4.98 Å². The first-order valence-electron chi connectivity index (χ1n) is 7.97. The third-order valence-electron chi connectivity index (χ3n) is 3.82. The maximum atomic E-state index is 12.1. The minimum Gasteiger partial charge on any atom is -0.433 e. The molecule has 1 N–H and O–H groups in total. The van der Waals surface area contributed by atoms with Crippen molar-refractivity contribution < 1.29 is 4.74 Å². The number of hydrogen-bond donors (Lipinski definition) is 1. The number of nitrogens with one attached hydrogen (secondary N) is 1. The van der Waals surface area contributed by atoms with Gasteiger partial charge in [0.25, 0.3) is 11.4 Å². The fraction of sp³-hybridized carbons (Fsp3) is 0. The average molecular weight is 463 g/mol. The van der Waals surface area contributed by atoms with Crippen LogP contribution >= 0.6 is 34.8 Å². The Bertz CT molecular complexity index is 1450. The third kappa shape index (κ3) is 3.46. The molecule has 10 nitrogen and oxygen atoms in total. The summed E-state index contributed by atoms with van der Waals surface area (Å²) in [5.74, 6) is 0.0290. The normalized spacial score (nSPS) is 10.7. The topological polar surface area (TPSA) is 139 Å². The molecule has 148 valence electrons. The Balaban J connectivity index is 1.81. The second kappa shape index (κ2) is 7.72. The van der Waals surface area contributed by atoms with E-state index in [-0.39, 0.29) is 32.5 Å². The molecule has 0 atom stereocenters. The van der Waals surface area contributed by atoms with E-state index in [1.54, 1.807) is 18.2 Å². The van der Waals surface area contributed by atoms with Crippen molar-refractivity contribution in [3.8, 4) is 23.4 Å². The molecule has 0 amide bonds. The van der Waals surface area contributed by atoms with Crippen LogP contribution in [0.25, 0.3) is 16.6 Å². The maximum absolute atomic E-state index is 12.1. The fourth-order valence-corrected chi connectivity index (χ4v) is 3.26. The van der Waals surface area contributed by atoms with Gasteiger partial charge < -0.3 is 4.74 Å². The van der Waals surface area contributed by atoms with E-state index in [0.29, 0.717) is 10.9 Å². The van der Waals surface area contributed by atoms with E-state index in [9.17, 15) is 9.59 Å². The number of H-pyrrole nitrogens is 1. The van der Waals surface area contributed by atoms with E-state index in [0.717, 1.165) is 4.68 Å². The maximum Gasteiger partial charge on any atom is 0.349 e. The Kier molecular flexibility index (Phi) is 5.09. The molecule has 4 rings (SSSR count). The van der Waals surface area contributed by atoms with Gasteiger partial charge in [-0.05, 0) is 24.3 Å². The highest BCUT2D eigenvalue weighted by Crippen LogP contribution is 2.39. The van der Waals surface area contributed by atoms with Crippen molar-refractivity contribution in [2.75, 3.05) is 0 Å². The Morgan fingerprint density at radius 1 is 1.13 bits per heavy atom. The van der Waals surface area contributed by atoms with Crippen LogP contribution < -0.4 is 16.0 Å². The molecule has 0 aliphatic rings. The number of nitrogens with zero attached hydrogens (tertiary/aromatic N) is 6. The molecule has 3 heterocycles. The smallest absolute Gasteiger partial charge is 0.349 e. The van der Waals surface area contributed by atoms with Crippen LogP contribution in [0.4, 0.5) is 0 Å². The summed E-state index contributed by atoms with van der Waals surface area (Å²) in [6.07, 6.45) is 1.53. The third-order valence-corrected chi connectivity index (χ3v) is 4.66. The van der Waals surface area contributed by atoms with Crippen molar-refractivity contribution in [3.63, 3.8) is 0 Å². The van der Waals surface area contributed by atoms with E-state index < -0.39 is 16.9 Å². The van der Waals surface area contributed by atoms with Crippen LogP contribution in [0.3, 0.4) is 0 Å². The lowest BCUT2D eigenvalue weighted by atomic mass is 10.3. The number of aromatic nitrogens is 6. The summed E-state index contributed by atoms with van der Waals surface area (Å²) in [6, 6.07) is 7.59. The summed E-state index contributed by atoms with van der Waals surface area (Å²) in [5.41, 5.74) is -1.85. The Labute approximate surface area is 181 Å². The predicted octanol–water partition coefficient (Wildman–Crippen LogP) is 2.88. The molecule has 3 aromatic heterocycles. The molecular formula is C17H6Cl3N7O3. The second-order valence-electron chi connectivity index (χ2n) is 5.67. The number of benzene rings is 1. The van der Waals surface area contributed by atoms with Gasteiger partial charge in [0.05, 0.1) is 15.7 Å². The molecule has 13 heteroatoms. The summed E-state index contributed by atoms with van der Waals surface area (Å²) >= 11 is 18.6. The summed E-state index contributed by atoms with van der Waals surface area (Å²) < 4.78 is 6.50. The van der Waals surface area contributed by atoms with Crippen LogP contribution in [-0.2, 0) is 0 Å². The first kappa shape index (κ1) is 19.8. The second-order valence-corrected chi connectivity index (χ2v) is 6.84. The summed E-state index contributed by atoms with van der Waals surface area (Å²) in [6.45, 7) is 0. The molecule has 1 aromatic carbocycles. The zero-order valence-corrected chi connectivity index (χ0v) is 16.7. The zero-order chi connectivity index (χ0) is 21.4. The molecule has 0 radical (unpaired) electrons. The van der Waals surface area contributed by atoms with E-state index in [4.69, 9.17) is 44.8 Å². The molecule has 0 spiro atoms. The minimum absolute atomic E-state index is 0.00302. The van der Waals surface area contributed by atoms with Gasteiger partial charge in [0.1, 0.15) is 11.6 Å². The van der Waals surface area contributed by atoms with Crippen LogP contribution in [0.1, 0.15) is 5.69 Å². The van der Waals surface area contributed by atoms with Crippen molar-refractivity contribution in [1.82, 2.24) is 29.9 Å². The Hall–Kier alpha value is -3.52. The first-order valence-corrected chi connectivity index (χ1v) is 9.10. The van der Waals surface area contributed by atoms with E-state index in [1.165, 1.54) is 18.3 Å². The van der Waals surface area contributed by atoms with Gasteiger partial charge in [-0.1, -0.05) is 34.8 Å². The highest BCUT2D eigenvalue weighted by atomic mass is 35.5. The van der Waals surface area contributed by atoms with E-state index in [2.05, 4.69) is 20.3 Å². The molecule has 0 aliphatic heterocycles. The van der Waals surface area contributed by atoms with Gasteiger partial charge in [-0.15, -0.1) is 15.3 Å². The Morgan fingerprint density at radius 2 is 1.87 bits per heavy atom. The molecule has 0 aliphatic carbocycles.